The summed E-state index contributed by atoms with van der Waals surface area (Å²) in [6.45, 7) is 2.22. The van der Waals surface area contributed by atoms with Crippen molar-refractivity contribution < 1.29 is 9.59 Å². The predicted octanol–water partition coefficient (Wildman–Crippen LogP) is 4.11. The topological polar surface area (TPSA) is 81.8 Å². The summed E-state index contributed by atoms with van der Waals surface area (Å²) < 4.78 is 0. The first-order valence-electron chi connectivity index (χ1n) is 6.46. The Morgan fingerprint density at radius 1 is 0.857 bits per heavy atom. The highest BCUT2D eigenvalue weighted by Crippen LogP contribution is 2.24. The summed E-state index contributed by atoms with van der Waals surface area (Å²) in [5.74, 6) is 0. The molecule has 21 heavy (non-hydrogen) atoms. The van der Waals surface area contributed by atoms with Gasteiger partial charge in [0.2, 0.25) is 12.2 Å². The molecule has 2 aromatic carbocycles. The third-order valence-corrected chi connectivity index (χ3v) is 2.62. The van der Waals surface area contributed by atoms with Crippen LogP contribution in [0.3, 0.4) is 0 Å². The van der Waals surface area contributed by atoms with Crippen LogP contribution in [0.15, 0.2) is 54.6 Å². The van der Waals surface area contributed by atoms with Crippen molar-refractivity contribution in [2.24, 2.45) is 0 Å². The zero-order valence-corrected chi connectivity index (χ0v) is 11.9. The van der Waals surface area contributed by atoms with Crippen LogP contribution in [-0.4, -0.2) is 12.2 Å². The van der Waals surface area contributed by atoms with Crippen molar-refractivity contribution in [3.05, 3.63) is 60.2 Å². The molecule has 0 radical (unpaired) electrons. The summed E-state index contributed by atoms with van der Waals surface area (Å²) >= 11 is 0. The van der Waals surface area contributed by atoms with Crippen molar-refractivity contribution >= 4 is 12.2 Å². The lowest BCUT2D eigenvalue weighted by Gasteiger charge is -2.08. The molecule has 2 aromatic rings. The van der Waals surface area contributed by atoms with Crippen molar-refractivity contribution in [1.82, 2.24) is 0 Å². The summed E-state index contributed by atoms with van der Waals surface area (Å²) in [4.78, 5) is 16.7. The molecule has 0 spiro atoms. The molecule has 0 aliphatic heterocycles. The molecule has 0 unspecified atom stereocenters. The maximum Gasteiger partial charge on any atom is 0.231 e. The summed E-state index contributed by atoms with van der Waals surface area (Å²) in [6, 6.07) is 19.3. The van der Waals surface area contributed by atoms with Gasteiger partial charge in [0.15, 0.2) is 0 Å². The molecule has 2 rings (SSSR count). The van der Waals surface area contributed by atoms with Crippen LogP contribution in [0.25, 0.3) is 11.1 Å². The Bertz CT molecular complexity index is 571. The molecule has 108 valence electrons. The van der Waals surface area contributed by atoms with Gasteiger partial charge in [-0.15, -0.1) is 0 Å². The number of rotatable bonds is 3. The van der Waals surface area contributed by atoms with Crippen molar-refractivity contribution in [1.29, 1.82) is 10.8 Å². The average molecular weight is 282 g/mol. The molecule has 0 saturated heterocycles. The second-order valence-electron chi connectivity index (χ2n) is 3.98. The number of benzene rings is 2. The molecule has 2 N–H and O–H groups in total. The molecule has 0 aliphatic carbocycles. The number of hydrogen-bond donors (Lipinski definition) is 2. The molecule has 0 fully saturated rings. The first-order chi connectivity index (χ1) is 10.2. The minimum Gasteiger partial charge on any atom is -0.222 e. The minimum atomic E-state index is 0.750. The van der Waals surface area contributed by atoms with E-state index in [4.69, 9.17) is 20.4 Å². The molecule has 0 atom stereocenters. The maximum absolute atomic E-state index is 8.35. The third kappa shape index (κ3) is 7.38. The van der Waals surface area contributed by atoms with E-state index in [1.54, 1.807) is 0 Å². The van der Waals surface area contributed by atoms with Gasteiger partial charge in [-0.05, 0) is 23.1 Å². The van der Waals surface area contributed by atoms with Crippen molar-refractivity contribution in [3.8, 4) is 11.1 Å². The number of nitrogens with one attached hydrogen (secondary N) is 2. The molecule has 0 aromatic heterocycles. The highest BCUT2D eigenvalue weighted by molar-refractivity contribution is 5.67. The Morgan fingerprint density at radius 2 is 1.33 bits per heavy atom. The van der Waals surface area contributed by atoms with Crippen molar-refractivity contribution in [2.75, 3.05) is 0 Å². The zero-order valence-electron chi connectivity index (χ0n) is 11.9. The molecular formula is C17H18N2O2. The molecule has 0 saturated carbocycles. The van der Waals surface area contributed by atoms with Gasteiger partial charge >= 0.3 is 0 Å². The summed E-state index contributed by atoms with van der Waals surface area (Å²) in [5.41, 5.74) is 4.15. The number of carbonyl (C=O) groups excluding carboxylic acids is 2. The van der Waals surface area contributed by atoms with Crippen LogP contribution in [0.5, 0.6) is 0 Å². The highest BCUT2D eigenvalue weighted by atomic mass is 16.1. The van der Waals surface area contributed by atoms with Gasteiger partial charge in [-0.25, -0.2) is 20.4 Å². The third-order valence-electron chi connectivity index (χ3n) is 2.62. The fourth-order valence-electron chi connectivity index (χ4n) is 1.91. The molecule has 0 heterocycles. The van der Waals surface area contributed by atoms with Crippen LogP contribution in [-0.2, 0) is 16.0 Å². The second-order valence-corrected chi connectivity index (χ2v) is 3.98. The van der Waals surface area contributed by atoms with Crippen molar-refractivity contribution in [2.45, 2.75) is 19.8 Å². The van der Waals surface area contributed by atoms with Gasteiger partial charge in [0.05, 0.1) is 0 Å². The monoisotopic (exact) mass is 282 g/mol. The molecular weight excluding hydrogens is 264 g/mol. The van der Waals surface area contributed by atoms with Gasteiger partial charge in [-0.3, -0.25) is 0 Å². The quantitative estimate of drug-likeness (QED) is 0.656. The molecule has 4 heteroatoms. The maximum atomic E-state index is 8.35. The van der Waals surface area contributed by atoms with E-state index in [-0.39, 0.29) is 0 Å². The largest absolute Gasteiger partial charge is 0.231 e. The van der Waals surface area contributed by atoms with Crippen LogP contribution < -0.4 is 0 Å². The van der Waals surface area contributed by atoms with E-state index in [1.807, 2.05) is 0 Å². The predicted molar refractivity (Wildman–Crippen MR) is 82.7 cm³/mol. The number of aryl methyl sites for hydroxylation is 1. The summed E-state index contributed by atoms with van der Waals surface area (Å²) in [5, 5.41) is 10.8. The van der Waals surface area contributed by atoms with E-state index < -0.39 is 0 Å². The van der Waals surface area contributed by atoms with Crippen LogP contribution in [0.1, 0.15) is 18.9 Å². The van der Waals surface area contributed by atoms with Gasteiger partial charge in [0.1, 0.15) is 0 Å². The standard InChI is InChI=1S/C15H16.2CHNO/c1-2-8-13-11-6-7-12-15(13)14-9-4-3-5-10-14;2*2-1-3/h3-7,9-12H,2,8H2,1H3;2*2H. The van der Waals surface area contributed by atoms with Crippen molar-refractivity contribution in [3.63, 3.8) is 0 Å². The van der Waals surface area contributed by atoms with Crippen LogP contribution in [0.2, 0.25) is 0 Å². The highest BCUT2D eigenvalue weighted by Gasteiger charge is 2.02. The Labute approximate surface area is 124 Å². The van der Waals surface area contributed by atoms with Crippen LogP contribution in [0.4, 0.5) is 0 Å². The average Bonchev–Trinajstić information content (AvgIpc) is 2.51. The summed E-state index contributed by atoms with van der Waals surface area (Å²) in [6.07, 6.45) is 3.86. The lowest BCUT2D eigenvalue weighted by Crippen LogP contribution is -1.88. The minimum absolute atomic E-state index is 0.750. The van der Waals surface area contributed by atoms with Gasteiger partial charge < -0.3 is 0 Å². The van der Waals surface area contributed by atoms with Gasteiger partial charge in [-0.1, -0.05) is 67.9 Å². The Kier molecular flexibility index (Phi) is 10.6. The van der Waals surface area contributed by atoms with E-state index in [2.05, 4.69) is 61.5 Å². The molecule has 4 nitrogen and oxygen atoms in total. The Balaban J connectivity index is 0.000000578. The van der Waals surface area contributed by atoms with E-state index in [9.17, 15) is 0 Å². The normalized spacial score (nSPS) is 8.05. The number of hydrogen-bond acceptors (Lipinski definition) is 4. The van der Waals surface area contributed by atoms with E-state index in [0.29, 0.717) is 0 Å². The van der Waals surface area contributed by atoms with Crippen LogP contribution >= 0.6 is 0 Å². The Hall–Kier alpha value is -2.80. The first-order valence-corrected chi connectivity index (χ1v) is 6.46. The van der Waals surface area contributed by atoms with E-state index in [0.717, 1.165) is 18.6 Å². The SMILES string of the molecule is CCCc1ccccc1-c1ccccc1.N=C=O.N=C=O. The second kappa shape index (κ2) is 12.2. The molecule has 0 amide bonds. The van der Waals surface area contributed by atoms with E-state index >= 15 is 0 Å². The smallest absolute Gasteiger partial charge is 0.222 e. The van der Waals surface area contributed by atoms with Gasteiger partial charge in [0.25, 0.3) is 0 Å². The van der Waals surface area contributed by atoms with E-state index in [1.165, 1.54) is 23.1 Å². The van der Waals surface area contributed by atoms with Gasteiger partial charge in [0, 0.05) is 0 Å². The fraction of sp³-hybridized carbons (Fsp3) is 0.176. The molecule has 0 bridgehead atoms. The lowest BCUT2D eigenvalue weighted by atomic mass is 9.97. The fourth-order valence-corrected chi connectivity index (χ4v) is 1.91. The first kappa shape index (κ1) is 18.2. The Morgan fingerprint density at radius 3 is 1.86 bits per heavy atom. The van der Waals surface area contributed by atoms with Gasteiger partial charge in [-0.2, -0.15) is 0 Å². The number of isocyanates is 2. The van der Waals surface area contributed by atoms with Crippen LogP contribution in [0, 0.1) is 10.8 Å². The lowest BCUT2D eigenvalue weighted by molar-refractivity contribution is 0.562. The molecule has 0 aliphatic rings. The zero-order chi connectivity index (χ0) is 15.9. The summed E-state index contributed by atoms with van der Waals surface area (Å²) in [7, 11) is 0.